The summed E-state index contributed by atoms with van der Waals surface area (Å²) in [5.74, 6) is 0.750. The highest BCUT2D eigenvalue weighted by atomic mass is 79.9. The normalized spacial score (nSPS) is 10.5. The fraction of sp³-hybridized carbons (Fsp3) is 0.333. The van der Waals surface area contributed by atoms with Crippen molar-refractivity contribution in [3.63, 3.8) is 0 Å². The minimum absolute atomic E-state index is 0.750. The summed E-state index contributed by atoms with van der Waals surface area (Å²) in [4.78, 5) is 8.20. The molecule has 0 aliphatic rings. The van der Waals surface area contributed by atoms with Crippen LogP contribution in [-0.2, 0) is 6.42 Å². The van der Waals surface area contributed by atoms with Crippen LogP contribution < -0.4 is 0 Å². The predicted molar refractivity (Wildman–Crippen MR) is 59.2 cm³/mol. The van der Waals surface area contributed by atoms with Crippen LogP contribution in [-0.4, -0.2) is 30.3 Å². The van der Waals surface area contributed by atoms with E-state index in [9.17, 15) is 0 Å². The van der Waals surface area contributed by atoms with E-state index in [1.54, 1.807) is 17.1 Å². The maximum atomic E-state index is 4.10. The average molecular weight is 268 g/mol. The molecule has 2 heterocycles. The molecule has 0 spiro atoms. The van der Waals surface area contributed by atoms with Crippen LogP contribution in [0.5, 0.6) is 0 Å². The standard InChI is InChI=1S/C9H10BrN5/c1-7-11-4-9(5-12-7)15-6-8(2-3-10)13-14-15/h4-6H,2-3H2,1H3. The maximum absolute atomic E-state index is 4.10. The molecular weight excluding hydrogens is 258 g/mol. The summed E-state index contributed by atoms with van der Waals surface area (Å²) in [5, 5.41) is 8.92. The Morgan fingerprint density at radius 2 is 2.07 bits per heavy atom. The smallest absolute Gasteiger partial charge is 0.125 e. The first kappa shape index (κ1) is 10.2. The molecule has 0 aromatic carbocycles. The van der Waals surface area contributed by atoms with Gasteiger partial charge < -0.3 is 0 Å². The molecule has 5 nitrogen and oxygen atoms in total. The van der Waals surface area contributed by atoms with Crippen molar-refractivity contribution in [3.8, 4) is 5.69 Å². The monoisotopic (exact) mass is 267 g/mol. The molecule has 0 saturated carbocycles. The lowest BCUT2D eigenvalue weighted by molar-refractivity contribution is 0.787. The van der Waals surface area contributed by atoms with E-state index in [1.807, 2.05) is 13.1 Å². The van der Waals surface area contributed by atoms with Crippen LogP contribution in [0.1, 0.15) is 11.5 Å². The summed E-state index contributed by atoms with van der Waals surface area (Å²) < 4.78 is 1.68. The van der Waals surface area contributed by atoms with E-state index in [-0.39, 0.29) is 0 Å². The van der Waals surface area contributed by atoms with E-state index in [0.29, 0.717) is 0 Å². The highest BCUT2D eigenvalue weighted by Crippen LogP contribution is 2.04. The molecule has 0 N–H and O–H groups in total. The molecule has 6 heteroatoms. The first-order valence-corrected chi connectivity index (χ1v) is 5.68. The number of aromatic nitrogens is 5. The zero-order chi connectivity index (χ0) is 10.7. The van der Waals surface area contributed by atoms with Crippen LogP contribution in [0.25, 0.3) is 5.69 Å². The quantitative estimate of drug-likeness (QED) is 0.787. The summed E-state index contributed by atoms with van der Waals surface area (Å²) >= 11 is 3.36. The Hall–Kier alpha value is -1.30. The number of halogens is 1. The van der Waals surface area contributed by atoms with Gasteiger partial charge in [0.05, 0.1) is 24.3 Å². The highest BCUT2D eigenvalue weighted by molar-refractivity contribution is 9.09. The zero-order valence-corrected chi connectivity index (χ0v) is 9.85. The van der Waals surface area contributed by atoms with Crippen LogP contribution >= 0.6 is 15.9 Å². The molecule has 2 aromatic rings. The largest absolute Gasteiger partial charge is 0.239 e. The van der Waals surface area contributed by atoms with Crippen LogP contribution in [0.15, 0.2) is 18.6 Å². The SMILES string of the molecule is Cc1ncc(-n2cc(CCBr)nn2)cn1. The van der Waals surface area contributed by atoms with Gasteiger partial charge in [-0.15, -0.1) is 5.10 Å². The Bertz CT molecular complexity index is 436. The Balaban J connectivity index is 2.25. The summed E-state index contributed by atoms with van der Waals surface area (Å²) in [6, 6.07) is 0. The molecule has 78 valence electrons. The molecule has 2 aromatic heterocycles. The average Bonchev–Trinajstić information content (AvgIpc) is 2.68. The van der Waals surface area contributed by atoms with Gasteiger partial charge in [-0.05, 0) is 6.92 Å². The summed E-state index contributed by atoms with van der Waals surface area (Å²) in [6.07, 6.45) is 6.21. The van der Waals surface area contributed by atoms with Gasteiger partial charge in [0.15, 0.2) is 0 Å². The molecule has 0 aliphatic heterocycles. The molecular formula is C9H10BrN5. The second-order valence-corrected chi connectivity index (χ2v) is 3.87. The number of hydrogen-bond acceptors (Lipinski definition) is 4. The Kier molecular flexibility index (Phi) is 3.05. The molecule has 0 atom stereocenters. The van der Waals surface area contributed by atoms with Crippen molar-refractivity contribution < 1.29 is 0 Å². The van der Waals surface area contributed by atoms with Gasteiger partial charge in [-0.1, -0.05) is 21.1 Å². The molecule has 0 saturated heterocycles. The minimum Gasteiger partial charge on any atom is -0.239 e. The van der Waals surface area contributed by atoms with E-state index in [1.165, 1.54) is 0 Å². The highest BCUT2D eigenvalue weighted by Gasteiger charge is 2.02. The number of alkyl halides is 1. The van der Waals surface area contributed by atoms with Gasteiger partial charge >= 0.3 is 0 Å². The number of rotatable bonds is 3. The van der Waals surface area contributed by atoms with Crippen molar-refractivity contribution in [2.24, 2.45) is 0 Å². The predicted octanol–water partition coefficient (Wildman–Crippen LogP) is 1.30. The van der Waals surface area contributed by atoms with Crippen LogP contribution in [0, 0.1) is 6.92 Å². The van der Waals surface area contributed by atoms with Crippen molar-refractivity contribution in [2.75, 3.05) is 5.33 Å². The van der Waals surface area contributed by atoms with Crippen LogP contribution in [0.4, 0.5) is 0 Å². The van der Waals surface area contributed by atoms with Gasteiger partial charge in [0, 0.05) is 11.8 Å². The van der Waals surface area contributed by atoms with Crippen molar-refractivity contribution in [1.29, 1.82) is 0 Å². The topological polar surface area (TPSA) is 56.5 Å². The number of hydrogen-bond donors (Lipinski definition) is 0. The maximum Gasteiger partial charge on any atom is 0.125 e. The zero-order valence-electron chi connectivity index (χ0n) is 8.26. The van der Waals surface area contributed by atoms with Gasteiger partial charge in [-0.3, -0.25) is 0 Å². The third-order valence-electron chi connectivity index (χ3n) is 1.92. The van der Waals surface area contributed by atoms with E-state index in [2.05, 4.69) is 36.2 Å². The van der Waals surface area contributed by atoms with E-state index in [4.69, 9.17) is 0 Å². The van der Waals surface area contributed by atoms with Gasteiger partial charge in [-0.25, -0.2) is 14.6 Å². The van der Waals surface area contributed by atoms with Crippen molar-refractivity contribution in [3.05, 3.63) is 30.1 Å². The second-order valence-electron chi connectivity index (χ2n) is 3.08. The van der Waals surface area contributed by atoms with Crippen molar-refractivity contribution in [2.45, 2.75) is 13.3 Å². The Labute approximate surface area is 95.7 Å². The number of aryl methyl sites for hydroxylation is 2. The first-order chi connectivity index (χ1) is 7.29. The Morgan fingerprint density at radius 1 is 1.33 bits per heavy atom. The van der Waals surface area contributed by atoms with E-state index < -0.39 is 0 Å². The summed E-state index contributed by atoms with van der Waals surface area (Å²) in [6.45, 7) is 1.85. The van der Waals surface area contributed by atoms with Gasteiger partial charge in [0.25, 0.3) is 0 Å². The lowest BCUT2D eigenvalue weighted by Crippen LogP contribution is -1.98. The number of nitrogens with zero attached hydrogens (tertiary/aromatic N) is 5. The lowest BCUT2D eigenvalue weighted by atomic mass is 10.4. The first-order valence-electron chi connectivity index (χ1n) is 4.56. The van der Waals surface area contributed by atoms with Gasteiger partial charge in [-0.2, -0.15) is 0 Å². The minimum atomic E-state index is 0.750. The second kappa shape index (κ2) is 4.48. The third-order valence-corrected chi connectivity index (χ3v) is 2.32. The van der Waals surface area contributed by atoms with E-state index >= 15 is 0 Å². The molecule has 15 heavy (non-hydrogen) atoms. The van der Waals surface area contributed by atoms with Crippen molar-refractivity contribution in [1.82, 2.24) is 25.0 Å². The molecule has 0 radical (unpaired) electrons. The lowest BCUT2D eigenvalue weighted by Gasteiger charge is -1.97. The van der Waals surface area contributed by atoms with Crippen LogP contribution in [0.2, 0.25) is 0 Å². The van der Waals surface area contributed by atoms with Crippen molar-refractivity contribution >= 4 is 15.9 Å². The molecule has 0 aliphatic carbocycles. The molecule has 0 bridgehead atoms. The van der Waals surface area contributed by atoms with E-state index in [0.717, 1.165) is 29.0 Å². The summed E-state index contributed by atoms with van der Waals surface area (Å²) in [7, 11) is 0. The molecule has 0 amide bonds. The third kappa shape index (κ3) is 2.38. The molecule has 2 rings (SSSR count). The fourth-order valence-electron chi connectivity index (χ4n) is 1.14. The summed E-state index contributed by atoms with van der Waals surface area (Å²) in [5.41, 5.74) is 1.78. The Morgan fingerprint density at radius 3 is 2.73 bits per heavy atom. The fourth-order valence-corrected chi connectivity index (χ4v) is 1.55. The molecule has 0 unspecified atom stereocenters. The van der Waals surface area contributed by atoms with Crippen LogP contribution in [0.3, 0.4) is 0 Å². The van der Waals surface area contributed by atoms with Gasteiger partial charge in [0.2, 0.25) is 0 Å². The molecule has 0 fully saturated rings. The van der Waals surface area contributed by atoms with Gasteiger partial charge in [0.1, 0.15) is 11.5 Å².